The molecule has 0 aliphatic carbocycles. The lowest BCUT2D eigenvalue weighted by Gasteiger charge is -2.09. The normalized spacial score (nSPS) is 10.1. The lowest BCUT2D eigenvalue weighted by Crippen LogP contribution is -2.21. The fraction of sp³-hybridized carbons (Fsp3) is 0.0714. The second kappa shape index (κ2) is 6.86. The lowest BCUT2D eigenvalue weighted by atomic mass is 10.3. The minimum Gasteiger partial charge on any atom is -0.375 e. The molecule has 0 radical (unpaired) electrons. The molecule has 0 aliphatic rings. The van der Waals surface area contributed by atoms with Crippen molar-refractivity contribution in [2.45, 2.75) is 0 Å². The molecule has 0 aromatic heterocycles. The Hall–Kier alpha value is -2.67. The van der Waals surface area contributed by atoms with Crippen LogP contribution in [0.15, 0.2) is 42.5 Å². The predicted octanol–water partition coefficient (Wildman–Crippen LogP) is 3.44. The van der Waals surface area contributed by atoms with Crippen LogP contribution < -0.4 is 10.6 Å². The summed E-state index contributed by atoms with van der Waals surface area (Å²) in [5.74, 6) is -0.833. The number of nitro benzene ring substituents is 1. The maximum atomic E-state index is 12.9. The quantitative estimate of drug-likeness (QED) is 0.652. The number of hydrogen-bond donors (Lipinski definition) is 2. The Labute approximate surface area is 130 Å². The highest BCUT2D eigenvalue weighted by Crippen LogP contribution is 2.22. The topological polar surface area (TPSA) is 84.3 Å². The van der Waals surface area contributed by atoms with E-state index < -0.39 is 10.7 Å². The molecule has 22 heavy (non-hydrogen) atoms. The first-order valence-electron chi connectivity index (χ1n) is 6.19. The van der Waals surface area contributed by atoms with Gasteiger partial charge in [-0.15, -0.1) is 0 Å². The van der Waals surface area contributed by atoms with Crippen molar-refractivity contribution in [2.75, 3.05) is 17.2 Å². The van der Waals surface area contributed by atoms with E-state index in [0.717, 1.165) is 6.07 Å². The summed E-state index contributed by atoms with van der Waals surface area (Å²) in [7, 11) is 0. The monoisotopic (exact) mass is 323 g/mol. The van der Waals surface area contributed by atoms with Gasteiger partial charge < -0.3 is 10.6 Å². The number of nitrogens with zero attached hydrogens (tertiary/aromatic N) is 1. The number of carbonyl (C=O) groups excluding carboxylic acids is 1. The van der Waals surface area contributed by atoms with Crippen molar-refractivity contribution >= 4 is 34.6 Å². The molecule has 0 saturated carbocycles. The molecule has 0 saturated heterocycles. The van der Waals surface area contributed by atoms with Gasteiger partial charge in [0.2, 0.25) is 5.91 Å². The summed E-state index contributed by atoms with van der Waals surface area (Å²) in [4.78, 5) is 21.8. The Balaban J connectivity index is 1.91. The molecule has 2 aromatic carbocycles. The fourth-order valence-electron chi connectivity index (χ4n) is 1.68. The fourth-order valence-corrected chi connectivity index (χ4v) is 1.91. The van der Waals surface area contributed by atoms with Gasteiger partial charge in [-0.3, -0.25) is 14.9 Å². The molecule has 2 aromatic rings. The van der Waals surface area contributed by atoms with E-state index in [-0.39, 0.29) is 23.2 Å². The number of non-ortho nitro benzene ring substituents is 1. The second-order valence-electron chi connectivity index (χ2n) is 4.33. The van der Waals surface area contributed by atoms with E-state index in [0.29, 0.717) is 11.4 Å². The summed E-state index contributed by atoms with van der Waals surface area (Å²) in [6, 6.07) is 9.24. The first-order valence-corrected chi connectivity index (χ1v) is 6.57. The van der Waals surface area contributed by atoms with Gasteiger partial charge in [0.05, 0.1) is 22.2 Å². The van der Waals surface area contributed by atoms with Gasteiger partial charge in [0.25, 0.3) is 5.69 Å². The third-order valence-corrected chi connectivity index (χ3v) is 3.05. The van der Waals surface area contributed by atoms with Gasteiger partial charge in [-0.2, -0.15) is 0 Å². The molecule has 0 atom stereocenters. The Morgan fingerprint density at radius 1 is 1.23 bits per heavy atom. The third kappa shape index (κ3) is 4.16. The summed E-state index contributed by atoms with van der Waals surface area (Å²) in [6.07, 6.45) is 0. The molecule has 0 bridgehead atoms. The van der Waals surface area contributed by atoms with E-state index in [9.17, 15) is 19.3 Å². The average Bonchev–Trinajstić information content (AvgIpc) is 2.47. The zero-order valence-electron chi connectivity index (χ0n) is 11.2. The predicted molar refractivity (Wildman–Crippen MR) is 81.6 cm³/mol. The molecule has 8 heteroatoms. The second-order valence-corrected chi connectivity index (χ2v) is 4.74. The molecule has 0 unspecified atom stereocenters. The molecular weight excluding hydrogens is 313 g/mol. The first-order chi connectivity index (χ1) is 10.5. The van der Waals surface area contributed by atoms with Crippen molar-refractivity contribution < 1.29 is 14.1 Å². The standard InChI is InChI=1S/C14H11ClFN3O3/c15-12-7-9(16)1-6-13(12)17-8-14(20)18-10-2-4-11(5-3-10)19(21)22/h1-7,17H,8H2,(H,18,20). The average molecular weight is 324 g/mol. The van der Waals surface area contributed by atoms with E-state index in [1.165, 1.54) is 36.4 Å². The minimum absolute atomic E-state index is 0.0609. The molecule has 0 aliphatic heterocycles. The molecule has 6 nitrogen and oxygen atoms in total. The Morgan fingerprint density at radius 2 is 1.91 bits per heavy atom. The smallest absolute Gasteiger partial charge is 0.269 e. The molecular formula is C14H11ClFN3O3. The summed E-state index contributed by atoms with van der Waals surface area (Å²) in [5.41, 5.74) is 0.804. The van der Waals surface area contributed by atoms with E-state index >= 15 is 0 Å². The minimum atomic E-state index is -0.524. The van der Waals surface area contributed by atoms with Gasteiger partial charge in [0, 0.05) is 17.8 Å². The van der Waals surface area contributed by atoms with Crippen molar-refractivity contribution in [3.63, 3.8) is 0 Å². The maximum absolute atomic E-state index is 12.9. The number of hydrogen-bond acceptors (Lipinski definition) is 4. The number of nitrogens with one attached hydrogen (secondary N) is 2. The molecule has 2 rings (SSSR count). The number of halogens is 2. The van der Waals surface area contributed by atoms with Crippen molar-refractivity contribution in [1.82, 2.24) is 0 Å². The van der Waals surface area contributed by atoms with Crippen LogP contribution in [0.3, 0.4) is 0 Å². The summed E-state index contributed by atoms with van der Waals surface area (Å²) in [6.45, 7) is -0.0810. The molecule has 114 valence electrons. The van der Waals surface area contributed by atoms with Gasteiger partial charge in [-0.1, -0.05) is 11.6 Å². The van der Waals surface area contributed by atoms with Gasteiger partial charge >= 0.3 is 0 Å². The zero-order chi connectivity index (χ0) is 16.1. The van der Waals surface area contributed by atoms with Gasteiger partial charge in [0.15, 0.2) is 0 Å². The Morgan fingerprint density at radius 3 is 2.50 bits per heavy atom. The van der Waals surface area contributed by atoms with Gasteiger partial charge in [0.1, 0.15) is 5.82 Å². The zero-order valence-corrected chi connectivity index (χ0v) is 11.9. The Kier molecular flexibility index (Phi) is 4.90. The summed E-state index contributed by atoms with van der Waals surface area (Å²) >= 11 is 5.82. The van der Waals surface area contributed by atoms with E-state index in [1.807, 2.05) is 0 Å². The lowest BCUT2D eigenvalue weighted by molar-refractivity contribution is -0.384. The highest BCUT2D eigenvalue weighted by molar-refractivity contribution is 6.33. The molecule has 0 fully saturated rings. The third-order valence-electron chi connectivity index (χ3n) is 2.73. The summed E-state index contributed by atoms with van der Waals surface area (Å²) < 4.78 is 12.9. The van der Waals surface area contributed by atoms with Crippen LogP contribution in [0.25, 0.3) is 0 Å². The van der Waals surface area contributed by atoms with Crippen molar-refractivity contribution in [3.05, 3.63) is 63.4 Å². The highest BCUT2D eigenvalue weighted by atomic mass is 35.5. The number of benzene rings is 2. The Bertz CT molecular complexity index is 707. The van der Waals surface area contributed by atoms with Gasteiger partial charge in [-0.25, -0.2) is 4.39 Å². The molecule has 0 heterocycles. The number of amides is 1. The first kappa shape index (κ1) is 15.7. The van der Waals surface area contributed by atoms with Crippen LogP contribution in [0.1, 0.15) is 0 Å². The number of anilines is 2. The summed E-state index contributed by atoms with van der Waals surface area (Å²) in [5, 5.41) is 16.0. The number of nitro groups is 1. The van der Waals surface area contributed by atoms with Crippen molar-refractivity contribution in [2.24, 2.45) is 0 Å². The van der Waals surface area contributed by atoms with E-state index in [2.05, 4.69) is 10.6 Å². The van der Waals surface area contributed by atoms with Crippen LogP contribution in [-0.2, 0) is 4.79 Å². The SMILES string of the molecule is O=C(CNc1ccc(F)cc1Cl)Nc1ccc([N+](=O)[O-])cc1. The maximum Gasteiger partial charge on any atom is 0.269 e. The van der Waals surface area contributed by atoms with Crippen molar-refractivity contribution in [3.8, 4) is 0 Å². The molecule has 2 N–H and O–H groups in total. The van der Waals surface area contributed by atoms with Crippen LogP contribution in [0.5, 0.6) is 0 Å². The number of rotatable bonds is 5. The van der Waals surface area contributed by atoms with Crippen LogP contribution in [0, 0.1) is 15.9 Å². The van der Waals surface area contributed by atoms with E-state index in [4.69, 9.17) is 11.6 Å². The largest absolute Gasteiger partial charge is 0.375 e. The van der Waals surface area contributed by atoms with Crippen LogP contribution >= 0.6 is 11.6 Å². The molecule has 1 amide bonds. The van der Waals surface area contributed by atoms with Crippen LogP contribution in [-0.4, -0.2) is 17.4 Å². The van der Waals surface area contributed by atoms with Crippen LogP contribution in [0.4, 0.5) is 21.5 Å². The van der Waals surface area contributed by atoms with E-state index in [1.54, 1.807) is 0 Å². The highest BCUT2D eigenvalue weighted by Gasteiger charge is 2.07. The van der Waals surface area contributed by atoms with Crippen molar-refractivity contribution in [1.29, 1.82) is 0 Å². The van der Waals surface area contributed by atoms with Crippen LogP contribution in [0.2, 0.25) is 5.02 Å². The number of carbonyl (C=O) groups is 1. The molecule has 0 spiro atoms. The van der Waals surface area contributed by atoms with Gasteiger partial charge in [-0.05, 0) is 30.3 Å².